The molecule has 0 aromatic heterocycles. The maximum atomic E-state index is 4.59. The van der Waals surface area contributed by atoms with Crippen LogP contribution in [0.3, 0.4) is 0 Å². The summed E-state index contributed by atoms with van der Waals surface area (Å²) in [5.41, 5.74) is 2.40. The molecule has 3 heteroatoms. The van der Waals surface area contributed by atoms with Crippen molar-refractivity contribution in [2.45, 2.75) is 9.79 Å². The fourth-order valence-corrected chi connectivity index (χ4v) is 3.64. The molecule has 0 aliphatic carbocycles. The fraction of sp³-hybridized carbons (Fsp3) is 0. The second kappa shape index (κ2) is 6.70. The summed E-state index contributed by atoms with van der Waals surface area (Å²) in [5.74, 6) is 0. The van der Waals surface area contributed by atoms with Gasteiger partial charge in [-0.1, -0.05) is 57.1 Å². The molecule has 3 aromatic carbocycles. The molecule has 0 fully saturated rings. The van der Waals surface area contributed by atoms with Gasteiger partial charge in [0, 0.05) is 9.79 Å². The highest BCUT2D eigenvalue weighted by Gasteiger charge is 2.04. The molecule has 0 radical (unpaired) electrons. The molecule has 1 atom stereocenters. The Morgan fingerprint density at radius 2 is 1.33 bits per heavy atom. The van der Waals surface area contributed by atoms with Gasteiger partial charge in [0.05, 0.1) is 0 Å². The van der Waals surface area contributed by atoms with E-state index in [9.17, 15) is 0 Å². The van der Waals surface area contributed by atoms with Crippen LogP contribution in [0.1, 0.15) is 0 Å². The molecule has 1 unspecified atom stereocenters. The van der Waals surface area contributed by atoms with Crippen molar-refractivity contribution in [2.75, 3.05) is 0 Å². The number of hydrogen-bond acceptors (Lipinski definition) is 2. The Bertz CT molecular complexity index is 737. The maximum Gasteiger partial charge on any atom is 0.0119 e. The minimum Gasteiger partial charge on any atom is -0.143 e. The van der Waals surface area contributed by atoms with Crippen LogP contribution in [0.2, 0.25) is 0 Å². The van der Waals surface area contributed by atoms with Crippen LogP contribution in [0.25, 0.3) is 11.1 Å². The second-order valence-corrected chi connectivity index (χ2v) is 7.17. The van der Waals surface area contributed by atoms with Gasteiger partial charge in [-0.3, -0.25) is 0 Å². The summed E-state index contributed by atoms with van der Waals surface area (Å²) in [6, 6.07) is 25.2. The van der Waals surface area contributed by atoms with Crippen LogP contribution in [0.4, 0.5) is 0 Å². The van der Waals surface area contributed by atoms with Crippen molar-refractivity contribution in [2.24, 2.45) is 0 Å². The number of thiol groups is 2. The first-order valence-electron chi connectivity index (χ1n) is 6.67. The van der Waals surface area contributed by atoms with Crippen LogP contribution < -0.4 is 10.6 Å². The van der Waals surface area contributed by atoms with E-state index >= 15 is 0 Å². The highest BCUT2D eigenvalue weighted by Crippen LogP contribution is 2.27. The molecule has 3 aromatic rings. The van der Waals surface area contributed by atoms with Crippen molar-refractivity contribution in [3.05, 3.63) is 72.8 Å². The Morgan fingerprint density at radius 1 is 0.667 bits per heavy atom. The van der Waals surface area contributed by atoms with Gasteiger partial charge in [0.1, 0.15) is 0 Å². The monoisotopic (exact) mass is 326 g/mol. The summed E-state index contributed by atoms with van der Waals surface area (Å²) >= 11 is 8.92. The van der Waals surface area contributed by atoms with Crippen molar-refractivity contribution in [3.8, 4) is 11.1 Å². The van der Waals surface area contributed by atoms with Crippen LogP contribution in [0, 0.1) is 0 Å². The first kappa shape index (κ1) is 14.7. The smallest absolute Gasteiger partial charge is 0.0119 e. The van der Waals surface area contributed by atoms with E-state index in [-0.39, 0.29) is 0 Å². The third-order valence-corrected chi connectivity index (χ3v) is 5.15. The molecule has 0 amide bonds. The van der Waals surface area contributed by atoms with Gasteiger partial charge in [-0.25, -0.2) is 0 Å². The predicted molar refractivity (Wildman–Crippen MR) is 100 cm³/mol. The zero-order valence-electron chi connectivity index (χ0n) is 11.3. The zero-order chi connectivity index (χ0) is 14.7. The Labute approximate surface area is 138 Å². The van der Waals surface area contributed by atoms with E-state index in [1.165, 1.54) is 21.7 Å². The van der Waals surface area contributed by atoms with Gasteiger partial charge < -0.3 is 0 Å². The number of rotatable bonds is 3. The van der Waals surface area contributed by atoms with Gasteiger partial charge in [-0.15, -0.1) is 25.3 Å². The molecule has 3 rings (SSSR count). The summed E-state index contributed by atoms with van der Waals surface area (Å²) in [7, 11) is 0.643. The SMILES string of the molecule is Sc1ccc(Pc2ccc(S)c(-c3ccccc3)c2)cc1. The highest BCUT2D eigenvalue weighted by atomic mass is 32.1. The molecular weight excluding hydrogens is 311 g/mol. The van der Waals surface area contributed by atoms with E-state index in [1.807, 2.05) is 18.2 Å². The second-order valence-electron chi connectivity index (χ2n) is 4.77. The molecule has 0 nitrogen and oxygen atoms in total. The molecule has 0 bridgehead atoms. The van der Waals surface area contributed by atoms with Crippen molar-refractivity contribution in [3.63, 3.8) is 0 Å². The largest absolute Gasteiger partial charge is 0.143 e. The van der Waals surface area contributed by atoms with Crippen LogP contribution in [-0.2, 0) is 0 Å². The summed E-state index contributed by atoms with van der Waals surface area (Å²) < 4.78 is 0. The third-order valence-electron chi connectivity index (χ3n) is 3.24. The normalized spacial score (nSPS) is 11.1. The topological polar surface area (TPSA) is 0 Å². The van der Waals surface area contributed by atoms with Gasteiger partial charge in [0.15, 0.2) is 0 Å². The van der Waals surface area contributed by atoms with Gasteiger partial charge in [-0.05, 0) is 46.0 Å². The van der Waals surface area contributed by atoms with Crippen molar-refractivity contribution in [1.29, 1.82) is 0 Å². The summed E-state index contributed by atoms with van der Waals surface area (Å²) in [6.45, 7) is 0. The lowest BCUT2D eigenvalue weighted by Crippen LogP contribution is -2.03. The van der Waals surface area contributed by atoms with Crippen molar-refractivity contribution in [1.82, 2.24) is 0 Å². The molecule has 0 saturated heterocycles. The molecule has 0 aliphatic rings. The van der Waals surface area contributed by atoms with Gasteiger partial charge in [0.25, 0.3) is 0 Å². The average Bonchev–Trinajstić information content (AvgIpc) is 2.52. The Kier molecular flexibility index (Phi) is 4.70. The number of hydrogen-bond donors (Lipinski definition) is 2. The van der Waals surface area contributed by atoms with E-state index in [1.54, 1.807) is 0 Å². The van der Waals surface area contributed by atoms with Gasteiger partial charge in [0.2, 0.25) is 0 Å². The quantitative estimate of drug-likeness (QED) is 0.512. The van der Waals surface area contributed by atoms with Gasteiger partial charge >= 0.3 is 0 Å². The molecule has 0 aliphatic heterocycles. The summed E-state index contributed by atoms with van der Waals surface area (Å²) in [4.78, 5) is 2.01. The highest BCUT2D eigenvalue weighted by molar-refractivity contribution is 7.80. The average molecular weight is 326 g/mol. The Hall–Kier alpha value is -1.21. The van der Waals surface area contributed by atoms with Gasteiger partial charge in [-0.2, -0.15) is 0 Å². The van der Waals surface area contributed by atoms with Crippen LogP contribution >= 0.6 is 33.8 Å². The molecule has 0 N–H and O–H groups in total. The molecule has 0 heterocycles. The van der Waals surface area contributed by atoms with E-state index in [2.05, 4.69) is 79.9 Å². The molecular formula is C18H15PS2. The first-order valence-corrected chi connectivity index (χ1v) is 8.56. The lowest BCUT2D eigenvalue weighted by molar-refractivity contribution is 1.47. The summed E-state index contributed by atoms with van der Waals surface area (Å²) in [6.07, 6.45) is 0. The molecule has 0 spiro atoms. The molecule has 104 valence electrons. The Balaban J connectivity index is 1.92. The third kappa shape index (κ3) is 3.71. The lowest BCUT2D eigenvalue weighted by atomic mass is 10.1. The van der Waals surface area contributed by atoms with Crippen molar-refractivity contribution >= 4 is 44.4 Å². The molecule has 0 saturated carbocycles. The van der Waals surface area contributed by atoms with Crippen LogP contribution in [0.15, 0.2) is 82.6 Å². The van der Waals surface area contributed by atoms with Crippen LogP contribution in [-0.4, -0.2) is 0 Å². The van der Waals surface area contributed by atoms with E-state index in [0.717, 1.165) is 9.79 Å². The van der Waals surface area contributed by atoms with Crippen molar-refractivity contribution < 1.29 is 0 Å². The predicted octanol–water partition coefficient (Wildman–Crippen LogP) is 4.56. The summed E-state index contributed by atoms with van der Waals surface area (Å²) in [5, 5.41) is 2.64. The van der Waals surface area contributed by atoms with E-state index in [0.29, 0.717) is 8.58 Å². The zero-order valence-corrected chi connectivity index (χ0v) is 14.1. The fourth-order valence-electron chi connectivity index (χ4n) is 2.17. The standard InChI is InChI=1S/C18H15PS2/c20-16-9-6-14(7-10-16)19-15-8-11-18(21)17(12-15)13-4-2-1-3-5-13/h1-12,19-21H. The number of benzene rings is 3. The Morgan fingerprint density at radius 3 is 2.05 bits per heavy atom. The van der Waals surface area contributed by atoms with Crippen LogP contribution in [0.5, 0.6) is 0 Å². The maximum absolute atomic E-state index is 4.59. The van der Waals surface area contributed by atoms with E-state index in [4.69, 9.17) is 0 Å². The first-order chi connectivity index (χ1) is 10.2. The lowest BCUT2D eigenvalue weighted by Gasteiger charge is -2.09. The molecule has 21 heavy (non-hydrogen) atoms. The van der Waals surface area contributed by atoms with E-state index < -0.39 is 0 Å². The minimum absolute atomic E-state index is 0.643. The minimum atomic E-state index is 0.643.